The lowest BCUT2D eigenvalue weighted by atomic mass is 9.74. The molecule has 1 heterocycles. The molecule has 4 unspecified atom stereocenters. The molecule has 0 bridgehead atoms. The lowest BCUT2D eigenvalue weighted by Gasteiger charge is -2.39. The molecule has 4 atom stereocenters. The Balaban J connectivity index is 2.00. The molecule has 0 spiro atoms. The van der Waals surface area contributed by atoms with Gasteiger partial charge < -0.3 is 5.32 Å². The van der Waals surface area contributed by atoms with E-state index in [1.54, 1.807) is 11.3 Å². The van der Waals surface area contributed by atoms with E-state index in [-0.39, 0.29) is 0 Å². The van der Waals surface area contributed by atoms with Gasteiger partial charge in [-0.15, -0.1) is 11.3 Å². The number of rotatable bonds is 4. The largest absolute Gasteiger partial charge is 0.306 e. The maximum Gasteiger partial charge on any atom is 0.0795 e. The third-order valence-electron chi connectivity index (χ3n) is 4.38. The van der Waals surface area contributed by atoms with E-state index in [0.717, 1.165) is 17.8 Å². The van der Waals surface area contributed by atoms with Crippen molar-refractivity contribution in [3.63, 3.8) is 0 Å². The number of hydrogen-bond acceptors (Lipinski definition) is 3. The molecule has 0 radical (unpaired) electrons. The summed E-state index contributed by atoms with van der Waals surface area (Å²) in [4.78, 5) is 4.43. The smallest absolute Gasteiger partial charge is 0.0795 e. The van der Waals surface area contributed by atoms with Crippen LogP contribution in [-0.4, -0.2) is 11.0 Å². The van der Waals surface area contributed by atoms with Gasteiger partial charge in [0.05, 0.1) is 11.2 Å². The standard InChI is InChI=1S/C15H26N2S/c1-10(2)13-6-5-11(3)7-14(13)17-12(4)15-8-18-9-16-15/h8-14,17H,5-7H2,1-4H3. The fourth-order valence-electron chi connectivity index (χ4n) is 3.24. The Morgan fingerprint density at radius 1 is 1.33 bits per heavy atom. The zero-order valence-electron chi connectivity index (χ0n) is 12.0. The Kier molecular flexibility index (Phi) is 4.79. The van der Waals surface area contributed by atoms with Gasteiger partial charge in [0.15, 0.2) is 0 Å². The van der Waals surface area contributed by atoms with E-state index in [0.29, 0.717) is 12.1 Å². The molecular formula is C15H26N2S. The molecule has 0 aromatic carbocycles. The summed E-state index contributed by atoms with van der Waals surface area (Å²) in [5, 5.41) is 5.99. The van der Waals surface area contributed by atoms with Gasteiger partial charge in [-0.05, 0) is 37.5 Å². The van der Waals surface area contributed by atoms with Crippen LogP contribution in [-0.2, 0) is 0 Å². The first-order chi connectivity index (χ1) is 8.58. The molecule has 2 nitrogen and oxygen atoms in total. The molecule has 0 aliphatic heterocycles. The van der Waals surface area contributed by atoms with Crippen molar-refractivity contribution in [2.75, 3.05) is 0 Å². The molecule has 2 rings (SSSR count). The van der Waals surface area contributed by atoms with Crippen LogP contribution in [0.25, 0.3) is 0 Å². The zero-order chi connectivity index (χ0) is 13.1. The van der Waals surface area contributed by atoms with Gasteiger partial charge in [-0.25, -0.2) is 4.98 Å². The first-order valence-corrected chi connectivity index (χ1v) is 8.16. The third-order valence-corrected chi connectivity index (χ3v) is 4.99. The molecule has 18 heavy (non-hydrogen) atoms. The second-order valence-electron chi connectivity index (χ2n) is 6.23. The highest BCUT2D eigenvalue weighted by atomic mass is 32.1. The van der Waals surface area contributed by atoms with E-state index in [9.17, 15) is 0 Å². The minimum atomic E-state index is 0.382. The summed E-state index contributed by atoms with van der Waals surface area (Å²) in [7, 11) is 0. The number of thiazole rings is 1. The van der Waals surface area contributed by atoms with E-state index in [1.165, 1.54) is 25.0 Å². The normalized spacial score (nSPS) is 30.6. The molecule has 1 fully saturated rings. The Labute approximate surface area is 115 Å². The number of nitrogens with one attached hydrogen (secondary N) is 1. The summed E-state index contributed by atoms with van der Waals surface area (Å²) < 4.78 is 0. The second-order valence-corrected chi connectivity index (χ2v) is 6.95. The highest BCUT2D eigenvalue weighted by Crippen LogP contribution is 2.34. The highest BCUT2D eigenvalue weighted by molar-refractivity contribution is 7.07. The predicted molar refractivity (Wildman–Crippen MR) is 78.8 cm³/mol. The average Bonchev–Trinajstić information content (AvgIpc) is 2.81. The van der Waals surface area contributed by atoms with Gasteiger partial charge in [0.1, 0.15) is 0 Å². The third kappa shape index (κ3) is 3.33. The van der Waals surface area contributed by atoms with Crippen LogP contribution in [0.4, 0.5) is 0 Å². The summed E-state index contributed by atoms with van der Waals surface area (Å²) in [6.45, 7) is 9.36. The van der Waals surface area contributed by atoms with Crippen molar-refractivity contribution in [3.8, 4) is 0 Å². The van der Waals surface area contributed by atoms with Crippen molar-refractivity contribution in [1.82, 2.24) is 10.3 Å². The molecular weight excluding hydrogens is 240 g/mol. The van der Waals surface area contributed by atoms with Gasteiger partial charge in [-0.3, -0.25) is 0 Å². The quantitative estimate of drug-likeness (QED) is 0.881. The SMILES string of the molecule is CC1CCC(C(C)C)C(NC(C)c2cscn2)C1. The number of aromatic nitrogens is 1. The van der Waals surface area contributed by atoms with Crippen LogP contribution in [0, 0.1) is 17.8 Å². The molecule has 1 aliphatic carbocycles. The van der Waals surface area contributed by atoms with E-state index < -0.39 is 0 Å². The van der Waals surface area contributed by atoms with Crippen LogP contribution in [0.1, 0.15) is 58.7 Å². The maximum atomic E-state index is 4.43. The first-order valence-electron chi connectivity index (χ1n) is 7.22. The fourth-order valence-corrected chi connectivity index (χ4v) is 3.88. The summed E-state index contributed by atoms with van der Waals surface area (Å²) in [6.07, 6.45) is 4.09. The van der Waals surface area contributed by atoms with Crippen molar-refractivity contribution in [2.24, 2.45) is 17.8 Å². The number of hydrogen-bond donors (Lipinski definition) is 1. The minimum absolute atomic E-state index is 0.382. The fraction of sp³-hybridized carbons (Fsp3) is 0.800. The molecule has 0 saturated heterocycles. The minimum Gasteiger partial charge on any atom is -0.306 e. The Bertz CT molecular complexity index is 347. The Morgan fingerprint density at radius 3 is 2.72 bits per heavy atom. The highest BCUT2D eigenvalue weighted by Gasteiger charge is 2.31. The van der Waals surface area contributed by atoms with Gasteiger partial charge in [-0.1, -0.05) is 27.2 Å². The molecule has 1 aromatic rings. The molecule has 1 N–H and O–H groups in total. The molecule has 1 aliphatic rings. The van der Waals surface area contributed by atoms with Crippen molar-refractivity contribution < 1.29 is 0 Å². The monoisotopic (exact) mass is 266 g/mol. The van der Waals surface area contributed by atoms with Crippen molar-refractivity contribution in [3.05, 3.63) is 16.6 Å². The Hall–Kier alpha value is -0.410. The van der Waals surface area contributed by atoms with Crippen molar-refractivity contribution in [2.45, 2.75) is 59.0 Å². The molecule has 0 amide bonds. The average molecular weight is 266 g/mol. The van der Waals surface area contributed by atoms with E-state index >= 15 is 0 Å². The van der Waals surface area contributed by atoms with E-state index in [4.69, 9.17) is 0 Å². The van der Waals surface area contributed by atoms with Gasteiger partial charge in [0.2, 0.25) is 0 Å². The van der Waals surface area contributed by atoms with Crippen LogP contribution < -0.4 is 5.32 Å². The Morgan fingerprint density at radius 2 is 2.11 bits per heavy atom. The molecule has 1 saturated carbocycles. The van der Waals surface area contributed by atoms with Gasteiger partial charge in [0, 0.05) is 17.5 Å². The zero-order valence-corrected chi connectivity index (χ0v) is 12.8. The maximum absolute atomic E-state index is 4.43. The lowest BCUT2D eigenvalue weighted by molar-refractivity contribution is 0.160. The topological polar surface area (TPSA) is 24.9 Å². The van der Waals surface area contributed by atoms with Crippen LogP contribution in [0.15, 0.2) is 10.9 Å². The van der Waals surface area contributed by atoms with Gasteiger partial charge >= 0.3 is 0 Å². The van der Waals surface area contributed by atoms with Crippen LogP contribution in [0.3, 0.4) is 0 Å². The van der Waals surface area contributed by atoms with Crippen molar-refractivity contribution in [1.29, 1.82) is 0 Å². The lowest BCUT2D eigenvalue weighted by Crippen LogP contribution is -2.43. The van der Waals surface area contributed by atoms with Crippen LogP contribution >= 0.6 is 11.3 Å². The predicted octanol–water partition coefficient (Wildman–Crippen LogP) is 4.25. The second kappa shape index (κ2) is 6.16. The number of nitrogens with zero attached hydrogens (tertiary/aromatic N) is 1. The van der Waals surface area contributed by atoms with Gasteiger partial charge in [0.25, 0.3) is 0 Å². The summed E-state index contributed by atoms with van der Waals surface area (Å²) in [5.41, 5.74) is 3.12. The van der Waals surface area contributed by atoms with Gasteiger partial charge in [-0.2, -0.15) is 0 Å². The molecule has 1 aromatic heterocycles. The van der Waals surface area contributed by atoms with Crippen LogP contribution in [0.5, 0.6) is 0 Å². The summed E-state index contributed by atoms with van der Waals surface area (Å²) in [5.74, 6) is 2.46. The summed E-state index contributed by atoms with van der Waals surface area (Å²) >= 11 is 1.69. The first kappa shape index (κ1) is 14.0. The van der Waals surface area contributed by atoms with Crippen LogP contribution in [0.2, 0.25) is 0 Å². The molecule has 3 heteroatoms. The summed E-state index contributed by atoms with van der Waals surface area (Å²) in [6, 6.07) is 1.04. The van der Waals surface area contributed by atoms with E-state index in [2.05, 4.69) is 43.4 Å². The van der Waals surface area contributed by atoms with Crippen molar-refractivity contribution >= 4 is 11.3 Å². The molecule has 102 valence electrons. The van der Waals surface area contributed by atoms with E-state index in [1.807, 2.05) is 5.51 Å².